The lowest BCUT2D eigenvalue weighted by molar-refractivity contribution is 0.0891. The van der Waals surface area contributed by atoms with Crippen molar-refractivity contribution >= 4 is 9.84 Å². The van der Waals surface area contributed by atoms with Crippen LogP contribution in [0.5, 0.6) is 0 Å². The lowest BCUT2D eigenvalue weighted by Gasteiger charge is -2.10. The molecule has 16 heavy (non-hydrogen) atoms. The number of hydrogen-bond donors (Lipinski definition) is 1. The van der Waals surface area contributed by atoms with Gasteiger partial charge in [0.15, 0.2) is 9.84 Å². The summed E-state index contributed by atoms with van der Waals surface area (Å²) in [4.78, 5) is 0.101. The molecule has 2 rings (SSSR count). The minimum atomic E-state index is -3.30. The number of hydrogen-bond acceptors (Lipinski definition) is 3. The molecule has 0 spiro atoms. The summed E-state index contributed by atoms with van der Waals surface area (Å²) in [6, 6.07) is 5.29. The van der Waals surface area contributed by atoms with Crippen molar-refractivity contribution in [2.24, 2.45) is 5.73 Å². The van der Waals surface area contributed by atoms with Gasteiger partial charge in [0.1, 0.15) is 5.54 Å². The SMILES string of the molecule is CS(=O)(=O)c1ccc(C2(N)CC2(F)F)cc1. The highest BCUT2D eigenvalue weighted by molar-refractivity contribution is 7.90. The topological polar surface area (TPSA) is 60.2 Å². The molecule has 1 aromatic rings. The highest BCUT2D eigenvalue weighted by Gasteiger charge is 2.69. The van der Waals surface area contributed by atoms with Crippen molar-refractivity contribution in [2.75, 3.05) is 6.26 Å². The van der Waals surface area contributed by atoms with Crippen LogP contribution >= 0.6 is 0 Å². The summed E-state index contributed by atoms with van der Waals surface area (Å²) in [7, 11) is -3.30. The fourth-order valence-electron chi connectivity index (χ4n) is 1.62. The Morgan fingerprint density at radius 2 is 1.69 bits per heavy atom. The summed E-state index contributed by atoms with van der Waals surface area (Å²) in [6.45, 7) is 0. The molecule has 88 valence electrons. The number of sulfone groups is 1. The second-order valence-electron chi connectivity index (χ2n) is 4.15. The van der Waals surface area contributed by atoms with Crippen LogP contribution in [0.2, 0.25) is 0 Å². The monoisotopic (exact) mass is 247 g/mol. The van der Waals surface area contributed by atoms with Crippen molar-refractivity contribution in [3.63, 3.8) is 0 Å². The van der Waals surface area contributed by atoms with Gasteiger partial charge in [0.05, 0.1) is 4.90 Å². The fourth-order valence-corrected chi connectivity index (χ4v) is 2.25. The molecule has 1 aromatic carbocycles. The zero-order chi connectivity index (χ0) is 12.2. The molecule has 0 saturated heterocycles. The first-order chi connectivity index (χ1) is 7.17. The van der Waals surface area contributed by atoms with Gasteiger partial charge in [-0.3, -0.25) is 0 Å². The smallest absolute Gasteiger partial charge is 0.272 e. The van der Waals surface area contributed by atoms with Crippen molar-refractivity contribution in [2.45, 2.75) is 22.8 Å². The zero-order valence-corrected chi connectivity index (χ0v) is 9.39. The Bertz CT molecular complexity index is 524. The van der Waals surface area contributed by atoms with E-state index in [2.05, 4.69) is 0 Å². The van der Waals surface area contributed by atoms with Crippen LogP contribution in [-0.2, 0) is 15.4 Å². The van der Waals surface area contributed by atoms with Crippen LogP contribution in [-0.4, -0.2) is 20.6 Å². The van der Waals surface area contributed by atoms with E-state index in [1.807, 2.05) is 0 Å². The second-order valence-corrected chi connectivity index (χ2v) is 6.16. The molecule has 0 radical (unpaired) electrons. The number of rotatable bonds is 2. The maximum absolute atomic E-state index is 13.0. The molecule has 6 heteroatoms. The highest BCUT2D eigenvalue weighted by Crippen LogP contribution is 2.57. The molecule has 3 nitrogen and oxygen atoms in total. The van der Waals surface area contributed by atoms with Crippen molar-refractivity contribution in [3.8, 4) is 0 Å². The van der Waals surface area contributed by atoms with Gasteiger partial charge in [-0.15, -0.1) is 0 Å². The van der Waals surface area contributed by atoms with Crippen LogP contribution < -0.4 is 5.73 Å². The van der Waals surface area contributed by atoms with Gasteiger partial charge in [-0.25, -0.2) is 17.2 Å². The Hall–Kier alpha value is -1.01. The van der Waals surface area contributed by atoms with Gasteiger partial charge in [0.25, 0.3) is 5.92 Å². The Balaban J connectivity index is 2.36. The normalized spacial score (nSPS) is 27.8. The standard InChI is InChI=1S/C10H11F2NO2S/c1-16(14,15)8-4-2-7(3-5-8)9(13)6-10(9,11)12/h2-5H,6,13H2,1H3. The average molecular weight is 247 g/mol. The van der Waals surface area contributed by atoms with Crippen LogP contribution in [0, 0.1) is 0 Å². The molecule has 0 heterocycles. The predicted molar refractivity (Wildman–Crippen MR) is 55.0 cm³/mol. The molecule has 2 N–H and O–H groups in total. The van der Waals surface area contributed by atoms with Crippen molar-refractivity contribution in [1.29, 1.82) is 0 Å². The lowest BCUT2D eigenvalue weighted by atomic mass is 10.1. The summed E-state index contributed by atoms with van der Waals surface area (Å²) < 4.78 is 48.2. The first kappa shape index (κ1) is 11.5. The van der Waals surface area contributed by atoms with Gasteiger partial charge >= 0.3 is 0 Å². The summed E-state index contributed by atoms with van der Waals surface area (Å²) in [6.07, 6.45) is 0.671. The van der Waals surface area contributed by atoms with Crippen molar-refractivity contribution in [3.05, 3.63) is 29.8 Å². The van der Waals surface area contributed by atoms with Gasteiger partial charge in [-0.05, 0) is 17.7 Å². The van der Waals surface area contributed by atoms with Crippen LogP contribution in [0.25, 0.3) is 0 Å². The van der Waals surface area contributed by atoms with E-state index < -0.39 is 27.7 Å². The first-order valence-electron chi connectivity index (χ1n) is 4.64. The Morgan fingerprint density at radius 1 is 1.25 bits per heavy atom. The molecule has 1 fully saturated rings. The summed E-state index contributed by atoms with van der Waals surface area (Å²) in [5, 5.41) is 0. The quantitative estimate of drug-likeness (QED) is 0.856. The molecular formula is C10H11F2NO2S. The van der Waals surface area contributed by atoms with E-state index in [0.29, 0.717) is 0 Å². The molecule has 1 saturated carbocycles. The van der Waals surface area contributed by atoms with E-state index in [1.54, 1.807) is 0 Å². The molecule has 0 aromatic heterocycles. The molecule has 1 aliphatic carbocycles. The van der Waals surface area contributed by atoms with Crippen LogP contribution in [0.3, 0.4) is 0 Å². The number of alkyl halides is 2. The predicted octanol–water partition coefficient (Wildman–Crippen LogP) is 1.28. The Morgan fingerprint density at radius 3 is 2.00 bits per heavy atom. The molecule has 0 aliphatic heterocycles. The molecule has 0 bridgehead atoms. The maximum atomic E-state index is 13.0. The highest BCUT2D eigenvalue weighted by atomic mass is 32.2. The molecule has 1 atom stereocenters. The first-order valence-corrected chi connectivity index (χ1v) is 6.53. The number of benzene rings is 1. The molecule has 1 unspecified atom stereocenters. The summed E-state index contributed by atoms with van der Waals surface area (Å²) >= 11 is 0. The Labute approximate surface area is 92.2 Å². The van der Waals surface area contributed by atoms with Crippen molar-refractivity contribution < 1.29 is 17.2 Å². The van der Waals surface area contributed by atoms with E-state index in [0.717, 1.165) is 6.26 Å². The third kappa shape index (κ3) is 1.62. The Kier molecular flexibility index (Phi) is 2.16. The van der Waals surface area contributed by atoms with Gasteiger partial charge in [-0.1, -0.05) is 12.1 Å². The van der Waals surface area contributed by atoms with E-state index in [-0.39, 0.29) is 10.5 Å². The van der Waals surface area contributed by atoms with Crippen molar-refractivity contribution in [1.82, 2.24) is 0 Å². The van der Waals surface area contributed by atoms with E-state index in [4.69, 9.17) is 5.73 Å². The molecule has 0 amide bonds. The zero-order valence-electron chi connectivity index (χ0n) is 8.57. The third-order valence-electron chi connectivity index (χ3n) is 2.83. The minimum Gasteiger partial charge on any atom is -0.316 e. The van der Waals surface area contributed by atoms with E-state index >= 15 is 0 Å². The van der Waals surface area contributed by atoms with Gasteiger partial charge in [0.2, 0.25) is 0 Å². The summed E-state index contributed by atoms with van der Waals surface area (Å²) in [5.74, 6) is -2.89. The van der Waals surface area contributed by atoms with Crippen LogP contribution in [0.4, 0.5) is 8.78 Å². The van der Waals surface area contributed by atoms with Crippen LogP contribution in [0.1, 0.15) is 12.0 Å². The van der Waals surface area contributed by atoms with Gasteiger partial charge in [-0.2, -0.15) is 0 Å². The van der Waals surface area contributed by atoms with Gasteiger partial charge in [0, 0.05) is 12.7 Å². The average Bonchev–Trinajstić information content (AvgIpc) is 2.66. The summed E-state index contributed by atoms with van der Waals surface area (Å²) in [5.41, 5.74) is 4.15. The number of halogens is 2. The van der Waals surface area contributed by atoms with Gasteiger partial charge < -0.3 is 5.73 Å². The van der Waals surface area contributed by atoms with Crippen LogP contribution in [0.15, 0.2) is 29.2 Å². The largest absolute Gasteiger partial charge is 0.316 e. The third-order valence-corrected chi connectivity index (χ3v) is 3.95. The maximum Gasteiger partial charge on any atom is 0.272 e. The number of nitrogens with two attached hydrogens (primary N) is 1. The molecular weight excluding hydrogens is 236 g/mol. The van der Waals surface area contributed by atoms with E-state index in [9.17, 15) is 17.2 Å². The fraction of sp³-hybridized carbons (Fsp3) is 0.400. The van der Waals surface area contributed by atoms with E-state index in [1.165, 1.54) is 24.3 Å². The minimum absolute atomic E-state index is 0.101. The second kappa shape index (κ2) is 3.01. The lowest BCUT2D eigenvalue weighted by Crippen LogP contribution is -2.27. The molecule has 1 aliphatic rings.